The minimum Gasteiger partial charge on any atom is -0.368 e. The molecule has 0 unspecified atom stereocenters. The molecule has 1 aromatic heterocycles. The van der Waals surface area contributed by atoms with Gasteiger partial charge in [0.25, 0.3) is 0 Å². The van der Waals surface area contributed by atoms with E-state index in [2.05, 4.69) is 55.4 Å². The smallest absolute Gasteiger partial charge is 0.227 e. The molecule has 1 aliphatic rings. The second kappa shape index (κ2) is 7.75. The predicted octanol–water partition coefficient (Wildman–Crippen LogP) is 3.42. The van der Waals surface area contributed by atoms with Crippen LogP contribution in [0.1, 0.15) is 5.56 Å². The zero-order valence-corrected chi connectivity index (χ0v) is 14.9. The summed E-state index contributed by atoms with van der Waals surface area (Å²) in [6.45, 7) is 3.63. The number of piperazine rings is 1. The number of rotatable bonds is 4. The number of anilines is 4. The van der Waals surface area contributed by atoms with Gasteiger partial charge in [0, 0.05) is 43.8 Å². The Morgan fingerprint density at radius 2 is 1.67 bits per heavy atom. The fraction of sp³-hybridized carbons (Fsp3) is 0.190. The van der Waals surface area contributed by atoms with Crippen LogP contribution in [0.15, 0.2) is 66.9 Å². The maximum atomic E-state index is 9.03. The van der Waals surface area contributed by atoms with E-state index in [1.807, 2.05) is 24.3 Å². The van der Waals surface area contributed by atoms with Gasteiger partial charge in [-0.3, -0.25) is 0 Å². The molecule has 2 heterocycles. The highest BCUT2D eigenvalue weighted by Crippen LogP contribution is 2.20. The van der Waals surface area contributed by atoms with Crippen molar-refractivity contribution < 1.29 is 0 Å². The summed E-state index contributed by atoms with van der Waals surface area (Å²) in [5, 5.41) is 12.3. The van der Waals surface area contributed by atoms with Gasteiger partial charge < -0.3 is 15.1 Å². The van der Waals surface area contributed by atoms with Crippen LogP contribution in [0.3, 0.4) is 0 Å². The van der Waals surface area contributed by atoms with Crippen molar-refractivity contribution in [2.75, 3.05) is 41.3 Å². The maximum absolute atomic E-state index is 9.03. The zero-order valence-electron chi connectivity index (χ0n) is 14.9. The molecule has 6 heteroatoms. The molecule has 4 rings (SSSR count). The molecule has 0 aliphatic carbocycles. The Balaban J connectivity index is 1.43. The Morgan fingerprint density at radius 3 is 2.44 bits per heavy atom. The van der Waals surface area contributed by atoms with E-state index in [-0.39, 0.29) is 0 Å². The number of hydrogen-bond acceptors (Lipinski definition) is 6. The number of nitrogens with zero attached hydrogens (tertiary/aromatic N) is 5. The van der Waals surface area contributed by atoms with E-state index in [0.29, 0.717) is 5.56 Å². The number of benzene rings is 2. The number of aromatic nitrogens is 2. The SMILES string of the molecule is N#Cc1cccc(Nc2ccnc(N3CCN(c4ccccc4)CC3)n2)c1. The summed E-state index contributed by atoms with van der Waals surface area (Å²) >= 11 is 0. The first-order valence-electron chi connectivity index (χ1n) is 8.97. The summed E-state index contributed by atoms with van der Waals surface area (Å²) in [4.78, 5) is 13.7. The van der Waals surface area contributed by atoms with E-state index in [0.717, 1.165) is 43.6 Å². The molecule has 0 atom stereocenters. The highest BCUT2D eigenvalue weighted by molar-refractivity contribution is 5.59. The van der Waals surface area contributed by atoms with Crippen LogP contribution in [0.2, 0.25) is 0 Å². The molecule has 6 nitrogen and oxygen atoms in total. The Morgan fingerprint density at radius 1 is 0.889 bits per heavy atom. The van der Waals surface area contributed by atoms with Crippen molar-refractivity contribution in [2.24, 2.45) is 0 Å². The molecular weight excluding hydrogens is 336 g/mol. The van der Waals surface area contributed by atoms with Gasteiger partial charge in [-0.05, 0) is 36.4 Å². The fourth-order valence-electron chi connectivity index (χ4n) is 3.19. The maximum Gasteiger partial charge on any atom is 0.227 e. The average molecular weight is 356 g/mol. The van der Waals surface area contributed by atoms with E-state index < -0.39 is 0 Å². The lowest BCUT2D eigenvalue weighted by Crippen LogP contribution is -2.47. The summed E-state index contributed by atoms with van der Waals surface area (Å²) in [6.07, 6.45) is 1.77. The zero-order chi connectivity index (χ0) is 18.5. The molecule has 0 radical (unpaired) electrons. The molecule has 1 saturated heterocycles. The van der Waals surface area contributed by atoms with E-state index >= 15 is 0 Å². The summed E-state index contributed by atoms with van der Waals surface area (Å²) in [7, 11) is 0. The fourth-order valence-corrected chi connectivity index (χ4v) is 3.19. The van der Waals surface area contributed by atoms with Crippen molar-refractivity contribution in [3.05, 3.63) is 72.4 Å². The van der Waals surface area contributed by atoms with Crippen LogP contribution in [0.4, 0.5) is 23.1 Å². The highest BCUT2D eigenvalue weighted by atomic mass is 15.3. The van der Waals surface area contributed by atoms with Gasteiger partial charge in [-0.1, -0.05) is 24.3 Å². The van der Waals surface area contributed by atoms with Crippen molar-refractivity contribution in [2.45, 2.75) is 0 Å². The first-order chi connectivity index (χ1) is 13.3. The third-order valence-corrected chi connectivity index (χ3v) is 4.59. The molecule has 1 N–H and O–H groups in total. The van der Waals surface area contributed by atoms with Crippen LogP contribution in [-0.2, 0) is 0 Å². The first-order valence-corrected chi connectivity index (χ1v) is 8.97. The van der Waals surface area contributed by atoms with E-state index in [1.165, 1.54) is 5.69 Å². The summed E-state index contributed by atoms with van der Waals surface area (Å²) in [5.41, 5.74) is 2.71. The molecule has 134 valence electrons. The van der Waals surface area contributed by atoms with Crippen molar-refractivity contribution >= 4 is 23.1 Å². The van der Waals surface area contributed by atoms with E-state index in [9.17, 15) is 0 Å². The third-order valence-electron chi connectivity index (χ3n) is 4.59. The quantitative estimate of drug-likeness (QED) is 0.773. The molecule has 1 aliphatic heterocycles. The standard InChI is InChI=1S/C21H20N6/c22-16-17-5-4-6-18(15-17)24-20-9-10-23-21(25-20)27-13-11-26(12-14-27)19-7-2-1-3-8-19/h1-10,15H,11-14H2,(H,23,24,25). The number of para-hydroxylation sites is 1. The molecule has 0 spiro atoms. The van der Waals surface area contributed by atoms with Crippen molar-refractivity contribution in [3.63, 3.8) is 0 Å². The summed E-state index contributed by atoms with van der Waals surface area (Å²) < 4.78 is 0. The summed E-state index contributed by atoms with van der Waals surface area (Å²) in [5.74, 6) is 1.45. The first kappa shape index (κ1) is 16.9. The van der Waals surface area contributed by atoms with Gasteiger partial charge in [-0.15, -0.1) is 0 Å². The Hall–Kier alpha value is -3.59. The second-order valence-electron chi connectivity index (χ2n) is 6.37. The Kier molecular flexibility index (Phi) is 4.84. The monoisotopic (exact) mass is 356 g/mol. The number of nitriles is 1. The molecule has 27 heavy (non-hydrogen) atoms. The number of nitrogens with one attached hydrogen (secondary N) is 1. The Bertz CT molecular complexity index is 942. The molecule has 0 saturated carbocycles. The topological polar surface area (TPSA) is 68.1 Å². The van der Waals surface area contributed by atoms with Crippen molar-refractivity contribution in [3.8, 4) is 6.07 Å². The normalized spacial score (nSPS) is 13.9. The highest BCUT2D eigenvalue weighted by Gasteiger charge is 2.19. The second-order valence-corrected chi connectivity index (χ2v) is 6.37. The molecular formula is C21H20N6. The van der Waals surface area contributed by atoms with Gasteiger partial charge in [-0.25, -0.2) is 4.98 Å². The van der Waals surface area contributed by atoms with Gasteiger partial charge in [0.05, 0.1) is 11.6 Å². The predicted molar refractivity (Wildman–Crippen MR) is 107 cm³/mol. The Labute approximate surface area is 158 Å². The van der Waals surface area contributed by atoms with Gasteiger partial charge in [-0.2, -0.15) is 10.2 Å². The van der Waals surface area contributed by atoms with Crippen LogP contribution in [0.5, 0.6) is 0 Å². The van der Waals surface area contributed by atoms with Gasteiger partial charge in [0.1, 0.15) is 5.82 Å². The van der Waals surface area contributed by atoms with Crippen LogP contribution in [-0.4, -0.2) is 36.1 Å². The molecule has 0 bridgehead atoms. The lowest BCUT2D eigenvalue weighted by atomic mass is 10.2. The summed E-state index contributed by atoms with van der Waals surface area (Å²) in [6, 6.07) is 21.8. The third kappa shape index (κ3) is 3.98. The molecule has 3 aromatic rings. The van der Waals surface area contributed by atoms with Gasteiger partial charge in [0.2, 0.25) is 5.95 Å². The van der Waals surface area contributed by atoms with Crippen molar-refractivity contribution in [1.82, 2.24) is 9.97 Å². The van der Waals surface area contributed by atoms with Crippen molar-refractivity contribution in [1.29, 1.82) is 5.26 Å². The van der Waals surface area contributed by atoms with Gasteiger partial charge >= 0.3 is 0 Å². The molecule has 1 fully saturated rings. The van der Waals surface area contributed by atoms with Crippen LogP contribution in [0, 0.1) is 11.3 Å². The van der Waals surface area contributed by atoms with Crippen LogP contribution < -0.4 is 15.1 Å². The van der Waals surface area contributed by atoms with Crippen LogP contribution in [0.25, 0.3) is 0 Å². The average Bonchev–Trinajstić information content (AvgIpc) is 2.75. The number of hydrogen-bond donors (Lipinski definition) is 1. The minimum absolute atomic E-state index is 0.617. The minimum atomic E-state index is 0.617. The lowest BCUT2D eigenvalue weighted by molar-refractivity contribution is 0.640. The van der Waals surface area contributed by atoms with Crippen LogP contribution >= 0.6 is 0 Å². The van der Waals surface area contributed by atoms with E-state index in [1.54, 1.807) is 18.3 Å². The molecule has 0 amide bonds. The van der Waals surface area contributed by atoms with E-state index in [4.69, 9.17) is 5.26 Å². The lowest BCUT2D eigenvalue weighted by Gasteiger charge is -2.36. The van der Waals surface area contributed by atoms with Gasteiger partial charge in [0.15, 0.2) is 0 Å². The largest absolute Gasteiger partial charge is 0.368 e. The molecule has 2 aromatic carbocycles.